The third-order valence-corrected chi connectivity index (χ3v) is 4.60. The minimum absolute atomic E-state index is 0.102. The summed E-state index contributed by atoms with van der Waals surface area (Å²) in [5.41, 5.74) is 5.18. The van der Waals surface area contributed by atoms with Gasteiger partial charge in [-0.25, -0.2) is 4.79 Å². The van der Waals surface area contributed by atoms with Crippen molar-refractivity contribution < 1.29 is 4.79 Å². The Hall–Kier alpha value is -2.49. The van der Waals surface area contributed by atoms with Crippen LogP contribution in [0.5, 0.6) is 0 Å². The van der Waals surface area contributed by atoms with Crippen LogP contribution in [0, 0.1) is 6.92 Å². The molecular formula is C22H31N3O. The number of anilines is 3. The van der Waals surface area contributed by atoms with E-state index in [1.54, 1.807) is 0 Å². The second-order valence-corrected chi connectivity index (χ2v) is 7.58. The average Bonchev–Trinajstić information content (AvgIpc) is 2.58. The highest BCUT2D eigenvalue weighted by molar-refractivity contribution is 6.00. The molecule has 0 saturated carbocycles. The fourth-order valence-corrected chi connectivity index (χ4v) is 2.91. The predicted molar refractivity (Wildman–Crippen MR) is 113 cm³/mol. The summed E-state index contributed by atoms with van der Waals surface area (Å²) in [6.07, 6.45) is 0. The number of hydrogen-bond donors (Lipinski definition) is 2. The number of hydrogen-bond acceptors (Lipinski definition) is 2. The molecule has 0 fully saturated rings. The van der Waals surface area contributed by atoms with E-state index in [-0.39, 0.29) is 11.4 Å². The number of benzene rings is 2. The second-order valence-electron chi connectivity index (χ2n) is 7.58. The van der Waals surface area contributed by atoms with Gasteiger partial charge in [-0.1, -0.05) is 32.9 Å². The molecule has 0 aliphatic heterocycles. The molecule has 0 radical (unpaired) electrons. The highest BCUT2D eigenvalue weighted by Crippen LogP contribution is 2.25. The SMILES string of the molecule is CCN(CC)c1ccc(NC(=O)Nc2ccc(C(C)(C)C)cc2)c(C)c1. The van der Waals surface area contributed by atoms with Crippen LogP contribution in [0.4, 0.5) is 21.9 Å². The Morgan fingerprint density at radius 2 is 1.58 bits per heavy atom. The molecule has 2 aromatic carbocycles. The van der Waals surface area contributed by atoms with Gasteiger partial charge >= 0.3 is 6.03 Å². The molecule has 2 aromatic rings. The molecule has 2 rings (SSSR count). The number of rotatable bonds is 5. The zero-order valence-electron chi connectivity index (χ0n) is 16.8. The fraction of sp³-hybridized carbons (Fsp3) is 0.409. The van der Waals surface area contributed by atoms with Gasteiger partial charge in [0.25, 0.3) is 0 Å². The molecule has 26 heavy (non-hydrogen) atoms. The standard InChI is InChI=1S/C22H31N3O/c1-7-25(8-2)19-13-14-20(16(3)15-19)24-21(26)23-18-11-9-17(10-12-18)22(4,5)6/h9-15H,7-8H2,1-6H3,(H2,23,24,26). The lowest BCUT2D eigenvalue weighted by Gasteiger charge is -2.22. The van der Waals surface area contributed by atoms with E-state index in [1.807, 2.05) is 31.2 Å². The zero-order valence-corrected chi connectivity index (χ0v) is 16.8. The van der Waals surface area contributed by atoms with Gasteiger partial charge < -0.3 is 15.5 Å². The van der Waals surface area contributed by atoms with Crippen LogP contribution in [0.3, 0.4) is 0 Å². The lowest BCUT2D eigenvalue weighted by molar-refractivity contribution is 0.262. The van der Waals surface area contributed by atoms with Crippen molar-refractivity contribution >= 4 is 23.1 Å². The van der Waals surface area contributed by atoms with Gasteiger partial charge in [-0.2, -0.15) is 0 Å². The molecule has 2 N–H and O–H groups in total. The first-order chi connectivity index (χ1) is 12.2. The predicted octanol–water partition coefficient (Wildman–Crippen LogP) is 5.78. The van der Waals surface area contributed by atoms with E-state index in [0.29, 0.717) is 0 Å². The maximum Gasteiger partial charge on any atom is 0.323 e. The average molecular weight is 354 g/mol. The zero-order chi connectivity index (χ0) is 19.3. The Kier molecular flexibility index (Phi) is 6.30. The molecular weight excluding hydrogens is 322 g/mol. The number of aryl methyl sites for hydroxylation is 1. The van der Waals surface area contributed by atoms with Crippen molar-refractivity contribution in [1.82, 2.24) is 0 Å². The van der Waals surface area contributed by atoms with Gasteiger partial charge in [-0.15, -0.1) is 0 Å². The topological polar surface area (TPSA) is 44.4 Å². The summed E-state index contributed by atoms with van der Waals surface area (Å²) in [4.78, 5) is 14.6. The van der Waals surface area contributed by atoms with Crippen LogP contribution >= 0.6 is 0 Å². The van der Waals surface area contributed by atoms with Crippen molar-refractivity contribution in [3.05, 3.63) is 53.6 Å². The molecule has 0 spiro atoms. The third-order valence-electron chi connectivity index (χ3n) is 4.60. The fourth-order valence-electron chi connectivity index (χ4n) is 2.91. The summed E-state index contributed by atoms with van der Waals surface area (Å²) in [7, 11) is 0. The van der Waals surface area contributed by atoms with Crippen molar-refractivity contribution in [2.24, 2.45) is 0 Å². The van der Waals surface area contributed by atoms with Crippen LogP contribution in [0.15, 0.2) is 42.5 Å². The minimum Gasteiger partial charge on any atom is -0.372 e. The maximum absolute atomic E-state index is 12.3. The van der Waals surface area contributed by atoms with Crippen LogP contribution in [0.25, 0.3) is 0 Å². The lowest BCUT2D eigenvalue weighted by atomic mass is 9.87. The van der Waals surface area contributed by atoms with Gasteiger partial charge in [0.1, 0.15) is 0 Å². The number of carbonyl (C=O) groups is 1. The molecule has 0 heterocycles. The summed E-state index contributed by atoms with van der Waals surface area (Å²) in [5, 5.41) is 5.83. The van der Waals surface area contributed by atoms with Crippen molar-refractivity contribution in [3.63, 3.8) is 0 Å². The van der Waals surface area contributed by atoms with Crippen LogP contribution in [-0.4, -0.2) is 19.1 Å². The highest BCUT2D eigenvalue weighted by Gasteiger charge is 2.13. The molecule has 0 saturated heterocycles. The molecule has 0 aromatic heterocycles. The second kappa shape index (κ2) is 8.26. The van der Waals surface area contributed by atoms with Gasteiger partial charge in [0, 0.05) is 30.2 Å². The van der Waals surface area contributed by atoms with Crippen molar-refractivity contribution in [1.29, 1.82) is 0 Å². The summed E-state index contributed by atoms with van der Waals surface area (Å²) in [6.45, 7) is 14.8. The molecule has 0 unspecified atom stereocenters. The molecule has 0 aliphatic rings. The third kappa shape index (κ3) is 5.01. The van der Waals surface area contributed by atoms with Gasteiger partial charge in [0.05, 0.1) is 0 Å². The van der Waals surface area contributed by atoms with Gasteiger partial charge in [0.2, 0.25) is 0 Å². The Labute approximate surface area is 157 Å². The van der Waals surface area contributed by atoms with E-state index in [0.717, 1.165) is 30.0 Å². The largest absolute Gasteiger partial charge is 0.372 e. The van der Waals surface area contributed by atoms with Crippen LogP contribution in [0.1, 0.15) is 45.7 Å². The molecule has 0 atom stereocenters. The number of amides is 2. The maximum atomic E-state index is 12.3. The van der Waals surface area contributed by atoms with Crippen molar-refractivity contribution in [2.75, 3.05) is 28.6 Å². The van der Waals surface area contributed by atoms with Crippen molar-refractivity contribution in [2.45, 2.75) is 47.0 Å². The number of nitrogens with one attached hydrogen (secondary N) is 2. The smallest absolute Gasteiger partial charge is 0.323 e. The highest BCUT2D eigenvalue weighted by atomic mass is 16.2. The Morgan fingerprint density at radius 3 is 2.08 bits per heavy atom. The van der Waals surface area contributed by atoms with Gasteiger partial charge in [-0.05, 0) is 67.6 Å². The Balaban J connectivity index is 2.03. The van der Waals surface area contributed by atoms with Crippen LogP contribution in [-0.2, 0) is 5.41 Å². The quantitative estimate of drug-likeness (QED) is 0.715. The van der Waals surface area contributed by atoms with Gasteiger partial charge in [-0.3, -0.25) is 0 Å². The van der Waals surface area contributed by atoms with E-state index >= 15 is 0 Å². The first-order valence-corrected chi connectivity index (χ1v) is 9.28. The Morgan fingerprint density at radius 1 is 0.962 bits per heavy atom. The lowest BCUT2D eigenvalue weighted by Crippen LogP contribution is -2.22. The van der Waals surface area contributed by atoms with E-state index < -0.39 is 0 Å². The Bertz CT molecular complexity index is 741. The minimum atomic E-state index is -0.229. The normalized spacial score (nSPS) is 11.2. The van der Waals surface area contributed by atoms with Crippen LogP contribution < -0.4 is 15.5 Å². The summed E-state index contributed by atoms with van der Waals surface area (Å²) >= 11 is 0. The molecule has 4 heteroatoms. The first-order valence-electron chi connectivity index (χ1n) is 9.28. The number of carbonyl (C=O) groups excluding carboxylic acids is 1. The molecule has 4 nitrogen and oxygen atoms in total. The van der Waals surface area contributed by atoms with E-state index in [1.165, 1.54) is 11.3 Å². The molecule has 0 bridgehead atoms. The summed E-state index contributed by atoms with van der Waals surface area (Å²) in [6, 6.07) is 13.9. The van der Waals surface area contributed by atoms with E-state index in [2.05, 4.69) is 68.4 Å². The van der Waals surface area contributed by atoms with E-state index in [4.69, 9.17) is 0 Å². The number of nitrogens with zero attached hydrogens (tertiary/aromatic N) is 1. The molecule has 140 valence electrons. The monoisotopic (exact) mass is 353 g/mol. The van der Waals surface area contributed by atoms with E-state index in [9.17, 15) is 4.79 Å². The summed E-state index contributed by atoms with van der Waals surface area (Å²) < 4.78 is 0. The summed E-state index contributed by atoms with van der Waals surface area (Å²) in [5.74, 6) is 0. The molecule has 2 amide bonds. The first kappa shape index (κ1) is 19.8. The molecule has 0 aliphatic carbocycles. The number of urea groups is 1. The van der Waals surface area contributed by atoms with Gasteiger partial charge in [0.15, 0.2) is 0 Å². The van der Waals surface area contributed by atoms with Crippen LogP contribution in [0.2, 0.25) is 0 Å². The van der Waals surface area contributed by atoms with Crippen molar-refractivity contribution in [3.8, 4) is 0 Å².